The third kappa shape index (κ3) is 3.21. The topological polar surface area (TPSA) is 23.9 Å². The Morgan fingerprint density at radius 2 is 1.24 bits per heavy atom. The van der Waals surface area contributed by atoms with Gasteiger partial charge in [-0.3, -0.25) is 0 Å². The standard InChI is InChI=1S/C10H7F6N/c1-5(17)6-2-7(9(11,12)13)4-8(3-6)10(14,15)16/h2-4,17H,1H3. The molecule has 0 amide bonds. The number of nitrogens with one attached hydrogen (secondary N) is 1. The van der Waals surface area contributed by atoms with Gasteiger partial charge in [-0.25, -0.2) is 0 Å². The minimum Gasteiger partial charge on any atom is -0.305 e. The molecule has 1 aromatic rings. The first-order valence-corrected chi connectivity index (χ1v) is 4.37. The summed E-state index contributed by atoms with van der Waals surface area (Å²) in [6.07, 6.45) is -9.74. The van der Waals surface area contributed by atoms with E-state index in [1.165, 1.54) is 0 Å². The quantitative estimate of drug-likeness (QED) is 0.576. The van der Waals surface area contributed by atoms with Crippen LogP contribution in [0.4, 0.5) is 26.3 Å². The van der Waals surface area contributed by atoms with Crippen molar-refractivity contribution in [1.82, 2.24) is 0 Å². The van der Waals surface area contributed by atoms with Crippen LogP contribution in [0.5, 0.6) is 0 Å². The molecule has 94 valence electrons. The van der Waals surface area contributed by atoms with E-state index in [1.54, 1.807) is 0 Å². The molecule has 1 N–H and O–H groups in total. The normalized spacial score (nSPS) is 12.6. The van der Waals surface area contributed by atoms with Gasteiger partial charge < -0.3 is 5.41 Å². The highest BCUT2D eigenvalue weighted by atomic mass is 19.4. The Kier molecular flexibility index (Phi) is 3.22. The molecule has 0 saturated heterocycles. The molecule has 0 aliphatic carbocycles. The number of benzene rings is 1. The summed E-state index contributed by atoms with van der Waals surface area (Å²) in [6, 6.07) is 1.08. The van der Waals surface area contributed by atoms with Gasteiger partial charge in [-0.05, 0) is 30.7 Å². The molecule has 1 nitrogen and oxygen atoms in total. The van der Waals surface area contributed by atoms with Gasteiger partial charge in [0.1, 0.15) is 0 Å². The Hall–Kier alpha value is -1.53. The molecule has 0 saturated carbocycles. The minimum absolute atomic E-state index is 0.0342. The molecule has 0 unspecified atom stereocenters. The summed E-state index contributed by atoms with van der Waals surface area (Å²) in [5, 5.41) is 7.10. The molecule has 0 aromatic heterocycles. The van der Waals surface area contributed by atoms with E-state index < -0.39 is 29.0 Å². The van der Waals surface area contributed by atoms with Crippen molar-refractivity contribution in [2.75, 3.05) is 0 Å². The zero-order valence-corrected chi connectivity index (χ0v) is 8.50. The van der Waals surface area contributed by atoms with Crippen LogP contribution < -0.4 is 0 Å². The molecular weight excluding hydrogens is 248 g/mol. The summed E-state index contributed by atoms with van der Waals surface area (Å²) in [7, 11) is 0. The van der Waals surface area contributed by atoms with Crippen LogP contribution in [0.3, 0.4) is 0 Å². The molecule has 0 spiro atoms. The molecule has 1 rings (SSSR count). The number of hydrogen-bond donors (Lipinski definition) is 1. The Balaban J connectivity index is 3.45. The maximum absolute atomic E-state index is 12.4. The predicted molar refractivity (Wildman–Crippen MR) is 48.9 cm³/mol. The van der Waals surface area contributed by atoms with Crippen LogP contribution >= 0.6 is 0 Å². The zero-order chi connectivity index (χ0) is 13.4. The molecule has 7 heteroatoms. The minimum atomic E-state index is -4.87. The first-order valence-electron chi connectivity index (χ1n) is 4.37. The van der Waals surface area contributed by atoms with Crippen LogP contribution in [0, 0.1) is 5.41 Å². The Labute approximate surface area is 92.6 Å². The van der Waals surface area contributed by atoms with Crippen LogP contribution in [0.2, 0.25) is 0 Å². The van der Waals surface area contributed by atoms with Gasteiger partial charge in [0.05, 0.1) is 11.1 Å². The molecule has 0 aliphatic heterocycles. The van der Waals surface area contributed by atoms with Crippen LogP contribution in [0.1, 0.15) is 23.6 Å². The summed E-state index contributed by atoms with van der Waals surface area (Å²) in [5.41, 5.74) is -3.57. The summed E-state index contributed by atoms with van der Waals surface area (Å²) in [6.45, 7) is 1.12. The van der Waals surface area contributed by atoms with Crippen molar-refractivity contribution >= 4 is 5.71 Å². The van der Waals surface area contributed by atoms with Crippen molar-refractivity contribution in [2.24, 2.45) is 0 Å². The third-order valence-electron chi connectivity index (χ3n) is 2.02. The lowest BCUT2D eigenvalue weighted by molar-refractivity contribution is -0.143. The van der Waals surface area contributed by atoms with E-state index in [1.807, 2.05) is 0 Å². The van der Waals surface area contributed by atoms with E-state index in [9.17, 15) is 26.3 Å². The van der Waals surface area contributed by atoms with Crippen molar-refractivity contribution < 1.29 is 26.3 Å². The van der Waals surface area contributed by atoms with Crippen molar-refractivity contribution in [3.05, 3.63) is 34.9 Å². The fraction of sp³-hybridized carbons (Fsp3) is 0.300. The van der Waals surface area contributed by atoms with Crippen molar-refractivity contribution in [1.29, 1.82) is 5.41 Å². The van der Waals surface area contributed by atoms with Crippen molar-refractivity contribution in [2.45, 2.75) is 19.3 Å². The van der Waals surface area contributed by atoms with Gasteiger partial charge in [0.25, 0.3) is 0 Å². The molecule has 1 aromatic carbocycles. The van der Waals surface area contributed by atoms with Crippen molar-refractivity contribution in [3.63, 3.8) is 0 Å². The number of alkyl halides is 6. The number of rotatable bonds is 1. The second-order valence-corrected chi connectivity index (χ2v) is 3.42. The highest BCUT2D eigenvalue weighted by Crippen LogP contribution is 2.36. The van der Waals surface area contributed by atoms with Gasteiger partial charge in [0, 0.05) is 5.71 Å². The molecule has 0 atom stereocenters. The molecular formula is C10H7F6N. The maximum Gasteiger partial charge on any atom is 0.416 e. The summed E-state index contributed by atoms with van der Waals surface area (Å²) in [5.74, 6) is 0. The first-order chi connectivity index (χ1) is 7.51. The smallest absolute Gasteiger partial charge is 0.305 e. The van der Waals surface area contributed by atoms with Crippen molar-refractivity contribution in [3.8, 4) is 0 Å². The average Bonchev–Trinajstić information content (AvgIpc) is 2.14. The second-order valence-electron chi connectivity index (χ2n) is 3.42. The molecule has 17 heavy (non-hydrogen) atoms. The van der Waals surface area contributed by atoms with E-state index in [4.69, 9.17) is 5.41 Å². The van der Waals surface area contributed by atoms with E-state index >= 15 is 0 Å². The maximum atomic E-state index is 12.4. The van der Waals surface area contributed by atoms with E-state index in [2.05, 4.69) is 0 Å². The Morgan fingerprint density at radius 3 is 1.47 bits per heavy atom. The largest absolute Gasteiger partial charge is 0.416 e. The summed E-state index contributed by atoms with van der Waals surface area (Å²) in [4.78, 5) is 0. The highest BCUT2D eigenvalue weighted by Gasteiger charge is 2.36. The zero-order valence-electron chi connectivity index (χ0n) is 8.50. The van der Waals surface area contributed by atoms with E-state index in [0.29, 0.717) is 12.1 Å². The average molecular weight is 255 g/mol. The lowest BCUT2D eigenvalue weighted by Gasteiger charge is -2.13. The Morgan fingerprint density at radius 1 is 0.882 bits per heavy atom. The lowest BCUT2D eigenvalue weighted by Crippen LogP contribution is -2.12. The predicted octanol–water partition coefficient (Wildman–Crippen LogP) is 4.11. The van der Waals surface area contributed by atoms with Gasteiger partial charge in [0.15, 0.2) is 0 Å². The molecule has 0 heterocycles. The fourth-order valence-corrected chi connectivity index (χ4v) is 1.17. The van der Waals surface area contributed by atoms with Gasteiger partial charge >= 0.3 is 12.4 Å². The third-order valence-corrected chi connectivity index (χ3v) is 2.02. The van der Waals surface area contributed by atoms with Gasteiger partial charge in [-0.1, -0.05) is 0 Å². The molecule has 0 radical (unpaired) electrons. The SMILES string of the molecule is CC(=N)c1cc(C(F)(F)F)cc(C(F)(F)F)c1. The van der Waals surface area contributed by atoms with Gasteiger partial charge in [0.2, 0.25) is 0 Å². The molecule has 0 bridgehead atoms. The molecule has 0 fully saturated rings. The van der Waals surface area contributed by atoms with Crippen LogP contribution in [-0.4, -0.2) is 5.71 Å². The summed E-state index contributed by atoms with van der Waals surface area (Å²) < 4.78 is 74.2. The highest BCUT2D eigenvalue weighted by molar-refractivity contribution is 5.96. The van der Waals surface area contributed by atoms with Crippen LogP contribution in [0.15, 0.2) is 18.2 Å². The fourth-order valence-electron chi connectivity index (χ4n) is 1.17. The van der Waals surface area contributed by atoms with Gasteiger partial charge in [-0.15, -0.1) is 0 Å². The lowest BCUT2D eigenvalue weighted by atomic mass is 10.0. The summed E-state index contributed by atoms with van der Waals surface area (Å²) >= 11 is 0. The first kappa shape index (κ1) is 13.5. The van der Waals surface area contributed by atoms with E-state index in [0.717, 1.165) is 6.92 Å². The molecule has 0 aliphatic rings. The van der Waals surface area contributed by atoms with Crippen LogP contribution in [0.25, 0.3) is 0 Å². The Bertz CT molecular complexity index is 411. The second kappa shape index (κ2) is 4.05. The van der Waals surface area contributed by atoms with Crippen LogP contribution in [-0.2, 0) is 12.4 Å². The van der Waals surface area contributed by atoms with E-state index in [-0.39, 0.29) is 11.8 Å². The number of halogens is 6. The number of hydrogen-bond acceptors (Lipinski definition) is 1. The van der Waals surface area contributed by atoms with Gasteiger partial charge in [-0.2, -0.15) is 26.3 Å². The monoisotopic (exact) mass is 255 g/mol.